The van der Waals surface area contributed by atoms with Crippen LogP contribution >= 0.6 is 0 Å². The Balaban J connectivity index is 1.97. The van der Waals surface area contributed by atoms with Crippen molar-refractivity contribution in [2.45, 2.75) is 13.3 Å². The summed E-state index contributed by atoms with van der Waals surface area (Å²) in [6.07, 6.45) is 3.71. The zero-order valence-electron chi connectivity index (χ0n) is 10.8. The molecule has 1 saturated carbocycles. The zero-order valence-corrected chi connectivity index (χ0v) is 10.8. The summed E-state index contributed by atoms with van der Waals surface area (Å²) < 4.78 is 0. The quantitative estimate of drug-likeness (QED) is 0.796. The van der Waals surface area contributed by atoms with Crippen LogP contribution in [0.2, 0.25) is 0 Å². The number of carbonyl (C=O) groups excluding carboxylic acids is 1. The number of amides is 1. The van der Waals surface area contributed by atoms with Gasteiger partial charge in [-0.15, -0.1) is 0 Å². The number of carboxylic acids is 1. The van der Waals surface area contributed by atoms with Gasteiger partial charge in [0.15, 0.2) is 0 Å². The molecule has 19 heavy (non-hydrogen) atoms. The first-order chi connectivity index (χ1) is 9.06. The third kappa shape index (κ3) is 3.95. The van der Waals surface area contributed by atoms with Gasteiger partial charge in [0.2, 0.25) is 0 Å². The summed E-state index contributed by atoms with van der Waals surface area (Å²) in [5.41, 5.74) is 1.26. The van der Waals surface area contributed by atoms with Gasteiger partial charge in [-0.05, 0) is 42.0 Å². The van der Waals surface area contributed by atoms with E-state index in [9.17, 15) is 9.59 Å². The molecule has 2 rings (SSSR count). The molecule has 1 aliphatic rings. The van der Waals surface area contributed by atoms with Crippen LogP contribution in [0.3, 0.4) is 0 Å². The van der Waals surface area contributed by atoms with Gasteiger partial charge in [-0.1, -0.05) is 19.1 Å². The van der Waals surface area contributed by atoms with E-state index >= 15 is 0 Å². The second-order valence-corrected chi connectivity index (χ2v) is 4.98. The molecular formula is C15H17NO3. The van der Waals surface area contributed by atoms with Crippen molar-refractivity contribution in [3.05, 3.63) is 41.5 Å². The lowest BCUT2D eigenvalue weighted by atomic mass is 10.1. The van der Waals surface area contributed by atoms with Crippen LogP contribution in [0.25, 0.3) is 6.08 Å². The zero-order chi connectivity index (χ0) is 13.8. The van der Waals surface area contributed by atoms with Crippen molar-refractivity contribution in [2.75, 3.05) is 6.54 Å². The van der Waals surface area contributed by atoms with E-state index in [1.807, 2.05) is 0 Å². The normalized spacial score (nSPS) is 21.3. The molecule has 0 bridgehead atoms. The molecule has 2 unspecified atom stereocenters. The summed E-state index contributed by atoms with van der Waals surface area (Å²) in [7, 11) is 0. The number of nitrogens with one attached hydrogen (secondary N) is 1. The third-order valence-electron chi connectivity index (χ3n) is 3.37. The van der Waals surface area contributed by atoms with Gasteiger partial charge in [-0.3, -0.25) is 4.79 Å². The monoisotopic (exact) mass is 259 g/mol. The van der Waals surface area contributed by atoms with E-state index in [-0.39, 0.29) is 5.91 Å². The minimum absolute atomic E-state index is 0.107. The Hall–Kier alpha value is -2.10. The standard InChI is InChI=1S/C15H17NO3/c1-10-7-13(10)9-16-15(19)12-4-2-3-11(8-12)5-6-14(17)18/h2-6,8,10,13H,7,9H2,1H3,(H,16,19)(H,17,18)/b6-5+. The molecule has 0 radical (unpaired) electrons. The van der Waals surface area contributed by atoms with E-state index in [2.05, 4.69) is 12.2 Å². The number of carbonyl (C=O) groups is 2. The third-order valence-corrected chi connectivity index (χ3v) is 3.37. The summed E-state index contributed by atoms with van der Waals surface area (Å²) in [5, 5.41) is 11.5. The molecule has 0 saturated heterocycles. The number of hydrogen-bond donors (Lipinski definition) is 2. The van der Waals surface area contributed by atoms with Crippen molar-refractivity contribution in [3.8, 4) is 0 Å². The van der Waals surface area contributed by atoms with Gasteiger partial charge < -0.3 is 10.4 Å². The number of carboxylic acid groups (broad SMARTS) is 1. The highest BCUT2D eigenvalue weighted by Crippen LogP contribution is 2.36. The Bertz CT molecular complexity index is 522. The van der Waals surface area contributed by atoms with Crippen LogP contribution in [0.15, 0.2) is 30.3 Å². The Morgan fingerprint density at radius 3 is 2.84 bits per heavy atom. The van der Waals surface area contributed by atoms with Gasteiger partial charge in [-0.2, -0.15) is 0 Å². The summed E-state index contributed by atoms with van der Waals surface area (Å²) >= 11 is 0. The average molecular weight is 259 g/mol. The molecule has 0 aromatic heterocycles. The largest absolute Gasteiger partial charge is 0.478 e. The molecule has 1 aromatic rings. The Kier molecular flexibility index (Phi) is 4.00. The second-order valence-electron chi connectivity index (χ2n) is 4.98. The van der Waals surface area contributed by atoms with Crippen LogP contribution in [0, 0.1) is 11.8 Å². The minimum Gasteiger partial charge on any atom is -0.478 e. The molecule has 0 spiro atoms. The summed E-state index contributed by atoms with van der Waals surface area (Å²) in [6.45, 7) is 2.89. The van der Waals surface area contributed by atoms with Crippen molar-refractivity contribution in [3.63, 3.8) is 0 Å². The van der Waals surface area contributed by atoms with Crippen molar-refractivity contribution in [1.29, 1.82) is 0 Å². The molecule has 1 aromatic carbocycles. The highest BCUT2D eigenvalue weighted by Gasteiger charge is 2.32. The fourth-order valence-electron chi connectivity index (χ4n) is 1.96. The van der Waals surface area contributed by atoms with Gasteiger partial charge in [0.25, 0.3) is 5.91 Å². The Morgan fingerprint density at radius 2 is 2.21 bits per heavy atom. The molecule has 4 heteroatoms. The molecule has 2 atom stereocenters. The van der Waals surface area contributed by atoms with E-state index in [1.165, 1.54) is 12.5 Å². The molecule has 1 fully saturated rings. The van der Waals surface area contributed by atoms with Crippen molar-refractivity contribution in [1.82, 2.24) is 5.32 Å². The maximum Gasteiger partial charge on any atom is 0.328 e. The van der Waals surface area contributed by atoms with E-state index in [0.717, 1.165) is 12.6 Å². The highest BCUT2D eigenvalue weighted by atomic mass is 16.4. The lowest BCUT2D eigenvalue weighted by molar-refractivity contribution is -0.131. The molecule has 2 N–H and O–H groups in total. The Morgan fingerprint density at radius 1 is 1.47 bits per heavy atom. The average Bonchev–Trinajstić information content (AvgIpc) is 3.10. The van der Waals surface area contributed by atoms with Gasteiger partial charge in [0.1, 0.15) is 0 Å². The number of benzene rings is 1. The van der Waals surface area contributed by atoms with E-state index in [1.54, 1.807) is 24.3 Å². The Labute approximate surface area is 112 Å². The summed E-state index contributed by atoms with van der Waals surface area (Å²) in [4.78, 5) is 22.4. The SMILES string of the molecule is CC1CC1CNC(=O)c1cccc(/C=C/C(=O)O)c1. The second kappa shape index (κ2) is 5.69. The smallest absolute Gasteiger partial charge is 0.328 e. The first-order valence-corrected chi connectivity index (χ1v) is 6.35. The van der Waals surface area contributed by atoms with Crippen LogP contribution in [0.1, 0.15) is 29.3 Å². The summed E-state index contributed by atoms with van der Waals surface area (Å²) in [5.74, 6) is 0.214. The van der Waals surface area contributed by atoms with Crippen molar-refractivity contribution < 1.29 is 14.7 Å². The molecule has 0 heterocycles. The van der Waals surface area contributed by atoms with Gasteiger partial charge in [0.05, 0.1) is 0 Å². The van der Waals surface area contributed by atoms with E-state index in [0.29, 0.717) is 23.0 Å². The predicted molar refractivity (Wildman–Crippen MR) is 72.7 cm³/mol. The van der Waals surface area contributed by atoms with Crippen LogP contribution in [0.5, 0.6) is 0 Å². The van der Waals surface area contributed by atoms with Crippen LogP contribution in [0.4, 0.5) is 0 Å². The fraction of sp³-hybridized carbons (Fsp3) is 0.333. The highest BCUT2D eigenvalue weighted by molar-refractivity contribution is 5.95. The maximum absolute atomic E-state index is 11.9. The molecule has 1 amide bonds. The van der Waals surface area contributed by atoms with Gasteiger partial charge in [0, 0.05) is 18.2 Å². The molecule has 0 aliphatic heterocycles. The first-order valence-electron chi connectivity index (χ1n) is 6.35. The molecule has 4 nitrogen and oxygen atoms in total. The van der Waals surface area contributed by atoms with Crippen LogP contribution in [-0.2, 0) is 4.79 Å². The van der Waals surface area contributed by atoms with E-state index < -0.39 is 5.97 Å². The van der Waals surface area contributed by atoms with Crippen LogP contribution in [-0.4, -0.2) is 23.5 Å². The topological polar surface area (TPSA) is 66.4 Å². The minimum atomic E-state index is -1.00. The van der Waals surface area contributed by atoms with Crippen molar-refractivity contribution in [2.24, 2.45) is 11.8 Å². The van der Waals surface area contributed by atoms with E-state index in [4.69, 9.17) is 5.11 Å². The lowest BCUT2D eigenvalue weighted by Gasteiger charge is -2.05. The number of aliphatic carboxylic acids is 1. The van der Waals surface area contributed by atoms with Crippen molar-refractivity contribution >= 4 is 18.0 Å². The van der Waals surface area contributed by atoms with Gasteiger partial charge >= 0.3 is 5.97 Å². The molecule has 1 aliphatic carbocycles. The first kappa shape index (κ1) is 13.3. The predicted octanol–water partition coefficient (Wildman–Crippen LogP) is 2.17. The number of rotatable bonds is 5. The molecule has 100 valence electrons. The molecular weight excluding hydrogens is 242 g/mol. The van der Waals surface area contributed by atoms with Crippen LogP contribution < -0.4 is 5.32 Å². The lowest BCUT2D eigenvalue weighted by Crippen LogP contribution is -2.25. The summed E-state index contributed by atoms with van der Waals surface area (Å²) in [6, 6.07) is 6.92. The maximum atomic E-state index is 11.9. The van der Waals surface area contributed by atoms with Gasteiger partial charge in [-0.25, -0.2) is 4.79 Å². The fourth-order valence-corrected chi connectivity index (χ4v) is 1.96. The number of hydrogen-bond acceptors (Lipinski definition) is 2.